The first-order valence-corrected chi connectivity index (χ1v) is 5.78. The summed E-state index contributed by atoms with van der Waals surface area (Å²) in [5, 5.41) is 4.58. The fourth-order valence-corrected chi connectivity index (χ4v) is 1.85. The highest BCUT2D eigenvalue weighted by molar-refractivity contribution is 6.29. The van der Waals surface area contributed by atoms with Gasteiger partial charge in [0.25, 0.3) is 0 Å². The van der Waals surface area contributed by atoms with Crippen molar-refractivity contribution < 1.29 is 0 Å². The van der Waals surface area contributed by atoms with Crippen LogP contribution < -0.4 is 5.32 Å². The molecule has 1 aromatic carbocycles. The number of nitrogens with one attached hydrogen (secondary N) is 1. The van der Waals surface area contributed by atoms with Gasteiger partial charge in [0.05, 0.1) is 17.9 Å². The van der Waals surface area contributed by atoms with E-state index in [1.165, 1.54) is 6.20 Å². The smallest absolute Gasteiger partial charge is 0.150 e. The molecule has 0 unspecified atom stereocenters. The van der Waals surface area contributed by atoms with E-state index in [1.54, 1.807) is 12.4 Å². The van der Waals surface area contributed by atoms with Gasteiger partial charge in [0, 0.05) is 17.3 Å². The van der Waals surface area contributed by atoms with E-state index in [2.05, 4.69) is 20.3 Å². The predicted octanol–water partition coefficient (Wildman–Crippen LogP) is 3.42. The second-order valence-electron chi connectivity index (χ2n) is 3.76. The largest absolute Gasteiger partial charge is 0.339 e. The van der Waals surface area contributed by atoms with Crippen molar-refractivity contribution in [2.45, 2.75) is 0 Å². The van der Waals surface area contributed by atoms with Crippen LogP contribution >= 0.6 is 11.6 Å². The van der Waals surface area contributed by atoms with Gasteiger partial charge in [0.1, 0.15) is 5.15 Å². The van der Waals surface area contributed by atoms with Gasteiger partial charge in [-0.05, 0) is 24.3 Å². The number of fused-ring (bicyclic) bond motifs is 1. The first-order valence-electron chi connectivity index (χ1n) is 5.41. The van der Waals surface area contributed by atoms with Crippen molar-refractivity contribution in [2.24, 2.45) is 0 Å². The summed E-state index contributed by atoms with van der Waals surface area (Å²) in [6.45, 7) is 0. The van der Waals surface area contributed by atoms with Gasteiger partial charge in [-0.1, -0.05) is 17.7 Å². The molecule has 1 N–H and O–H groups in total. The Morgan fingerprint density at radius 2 is 2.06 bits per heavy atom. The molecule has 0 atom stereocenters. The van der Waals surface area contributed by atoms with Crippen molar-refractivity contribution >= 4 is 34.0 Å². The number of anilines is 2. The normalized spacial score (nSPS) is 10.5. The number of rotatable bonds is 2. The van der Waals surface area contributed by atoms with Crippen LogP contribution in [-0.4, -0.2) is 15.0 Å². The molecular formula is C13H9ClN4. The molecule has 0 radical (unpaired) electrons. The number of pyridine rings is 1. The molecule has 0 aliphatic rings. The van der Waals surface area contributed by atoms with Crippen LogP contribution in [0.3, 0.4) is 0 Å². The Kier molecular flexibility index (Phi) is 2.78. The molecule has 2 aromatic heterocycles. The zero-order valence-electron chi connectivity index (χ0n) is 9.34. The highest BCUT2D eigenvalue weighted by atomic mass is 35.5. The van der Waals surface area contributed by atoms with Crippen LogP contribution in [0.1, 0.15) is 0 Å². The number of nitrogens with zero attached hydrogens (tertiary/aromatic N) is 3. The van der Waals surface area contributed by atoms with Crippen LogP contribution in [0.4, 0.5) is 11.5 Å². The Balaban J connectivity index is 1.95. The van der Waals surface area contributed by atoms with E-state index in [-0.39, 0.29) is 0 Å². The van der Waals surface area contributed by atoms with Gasteiger partial charge in [-0.15, -0.1) is 0 Å². The van der Waals surface area contributed by atoms with Gasteiger partial charge < -0.3 is 5.32 Å². The molecule has 0 amide bonds. The van der Waals surface area contributed by atoms with Crippen molar-refractivity contribution in [3.05, 3.63) is 54.1 Å². The van der Waals surface area contributed by atoms with E-state index in [1.807, 2.05) is 30.3 Å². The third kappa shape index (κ3) is 2.24. The Bertz CT molecular complexity index is 699. The minimum absolute atomic E-state index is 0.363. The summed E-state index contributed by atoms with van der Waals surface area (Å²) in [6, 6.07) is 9.82. The van der Waals surface area contributed by atoms with E-state index in [0.29, 0.717) is 11.0 Å². The van der Waals surface area contributed by atoms with Crippen molar-refractivity contribution in [2.75, 3.05) is 5.32 Å². The molecule has 5 heteroatoms. The third-order valence-electron chi connectivity index (χ3n) is 2.48. The van der Waals surface area contributed by atoms with Gasteiger partial charge in [0.2, 0.25) is 0 Å². The minimum atomic E-state index is 0.363. The second-order valence-corrected chi connectivity index (χ2v) is 4.15. The standard InChI is InChI=1S/C13H9ClN4/c14-12-7-15-8-13(18-12)17-10-3-4-11-9(6-10)2-1-5-16-11/h1-8H,(H,17,18). The van der Waals surface area contributed by atoms with Crippen LogP contribution in [0, 0.1) is 0 Å². The topological polar surface area (TPSA) is 50.7 Å². The maximum atomic E-state index is 5.78. The summed E-state index contributed by atoms with van der Waals surface area (Å²) in [6.07, 6.45) is 4.90. The van der Waals surface area contributed by atoms with E-state index < -0.39 is 0 Å². The van der Waals surface area contributed by atoms with Crippen LogP contribution in [0.5, 0.6) is 0 Å². The maximum Gasteiger partial charge on any atom is 0.150 e. The molecule has 0 saturated carbocycles. The molecule has 18 heavy (non-hydrogen) atoms. The van der Waals surface area contributed by atoms with Crippen molar-refractivity contribution in [1.29, 1.82) is 0 Å². The highest BCUT2D eigenvalue weighted by Gasteiger charge is 1.99. The molecule has 88 valence electrons. The number of hydrogen-bond donors (Lipinski definition) is 1. The lowest BCUT2D eigenvalue weighted by Gasteiger charge is -2.06. The Labute approximate surface area is 109 Å². The van der Waals surface area contributed by atoms with Crippen molar-refractivity contribution in [1.82, 2.24) is 15.0 Å². The summed E-state index contributed by atoms with van der Waals surface area (Å²) in [7, 11) is 0. The Hall–Kier alpha value is -2.20. The monoisotopic (exact) mass is 256 g/mol. The number of halogens is 1. The van der Waals surface area contributed by atoms with Gasteiger partial charge >= 0.3 is 0 Å². The molecule has 3 rings (SSSR count). The molecule has 0 aliphatic heterocycles. The highest BCUT2D eigenvalue weighted by Crippen LogP contribution is 2.20. The number of aromatic nitrogens is 3. The molecule has 0 fully saturated rings. The van der Waals surface area contributed by atoms with Crippen LogP contribution in [0.15, 0.2) is 48.9 Å². The zero-order valence-corrected chi connectivity index (χ0v) is 10.1. The molecule has 0 aliphatic carbocycles. The fraction of sp³-hybridized carbons (Fsp3) is 0. The van der Waals surface area contributed by atoms with E-state index >= 15 is 0 Å². The molecule has 4 nitrogen and oxygen atoms in total. The lowest BCUT2D eigenvalue weighted by Crippen LogP contribution is -1.94. The summed E-state index contributed by atoms with van der Waals surface area (Å²) < 4.78 is 0. The first kappa shape index (κ1) is 10.9. The molecule has 0 spiro atoms. The number of benzene rings is 1. The van der Waals surface area contributed by atoms with Crippen molar-refractivity contribution in [3.8, 4) is 0 Å². The lowest BCUT2D eigenvalue weighted by molar-refractivity contribution is 1.20. The van der Waals surface area contributed by atoms with Crippen LogP contribution in [0.2, 0.25) is 5.15 Å². The van der Waals surface area contributed by atoms with E-state index in [0.717, 1.165) is 16.6 Å². The van der Waals surface area contributed by atoms with Gasteiger partial charge in [-0.3, -0.25) is 9.97 Å². The van der Waals surface area contributed by atoms with Gasteiger partial charge in [-0.2, -0.15) is 0 Å². The summed E-state index contributed by atoms with van der Waals surface area (Å²) in [4.78, 5) is 12.4. The maximum absolute atomic E-state index is 5.78. The summed E-state index contributed by atoms with van der Waals surface area (Å²) >= 11 is 5.78. The average Bonchev–Trinajstić information content (AvgIpc) is 2.39. The molecule has 0 saturated heterocycles. The molecule has 2 heterocycles. The zero-order chi connectivity index (χ0) is 12.4. The lowest BCUT2D eigenvalue weighted by atomic mass is 10.2. The predicted molar refractivity (Wildman–Crippen MR) is 72.1 cm³/mol. The summed E-state index contributed by atoms with van der Waals surface area (Å²) in [5.41, 5.74) is 1.88. The first-order chi connectivity index (χ1) is 8.81. The van der Waals surface area contributed by atoms with E-state index in [9.17, 15) is 0 Å². The Morgan fingerprint density at radius 1 is 1.11 bits per heavy atom. The molecular weight excluding hydrogens is 248 g/mol. The number of hydrogen-bond acceptors (Lipinski definition) is 4. The minimum Gasteiger partial charge on any atom is -0.339 e. The summed E-state index contributed by atoms with van der Waals surface area (Å²) in [5.74, 6) is 0.616. The average molecular weight is 257 g/mol. The van der Waals surface area contributed by atoms with Crippen LogP contribution in [0.25, 0.3) is 10.9 Å². The Morgan fingerprint density at radius 3 is 2.94 bits per heavy atom. The van der Waals surface area contributed by atoms with Crippen molar-refractivity contribution in [3.63, 3.8) is 0 Å². The third-order valence-corrected chi connectivity index (χ3v) is 2.66. The quantitative estimate of drug-likeness (QED) is 0.763. The fourth-order valence-electron chi connectivity index (χ4n) is 1.70. The molecule has 0 bridgehead atoms. The molecule has 3 aromatic rings. The van der Waals surface area contributed by atoms with Crippen LogP contribution in [-0.2, 0) is 0 Å². The van der Waals surface area contributed by atoms with Gasteiger partial charge in [0.15, 0.2) is 5.82 Å². The van der Waals surface area contributed by atoms with Gasteiger partial charge in [-0.25, -0.2) is 4.98 Å². The SMILES string of the molecule is Clc1cncc(Nc2ccc3ncccc3c2)n1. The van der Waals surface area contributed by atoms with E-state index in [4.69, 9.17) is 11.6 Å². The second kappa shape index (κ2) is 4.58.